The van der Waals surface area contributed by atoms with E-state index >= 15 is 0 Å². The number of rotatable bonds is 11. The Morgan fingerprint density at radius 1 is 0.920 bits per heavy atom. The number of esters is 2. The van der Waals surface area contributed by atoms with Gasteiger partial charge >= 0.3 is 11.9 Å². The summed E-state index contributed by atoms with van der Waals surface area (Å²) < 4.78 is 15.7. The van der Waals surface area contributed by atoms with Gasteiger partial charge < -0.3 is 14.2 Å². The minimum Gasteiger partial charge on any atom is -0.476 e. The Morgan fingerprint density at radius 3 is 2.16 bits per heavy atom. The first-order valence-electron chi connectivity index (χ1n) is 8.99. The van der Waals surface area contributed by atoms with Crippen LogP contribution >= 0.6 is 0 Å². The van der Waals surface area contributed by atoms with Gasteiger partial charge in [0.2, 0.25) is 0 Å². The van der Waals surface area contributed by atoms with E-state index in [1.54, 1.807) is 20.8 Å². The molecule has 0 saturated heterocycles. The second-order valence-corrected chi connectivity index (χ2v) is 6.34. The number of benzene rings is 1. The van der Waals surface area contributed by atoms with Crippen molar-refractivity contribution in [2.45, 2.75) is 65.4 Å². The van der Waals surface area contributed by atoms with Gasteiger partial charge in [-0.3, -0.25) is 4.79 Å². The molecule has 0 aliphatic heterocycles. The normalized spacial score (nSPS) is 11.0. The number of unbranched alkanes of at least 4 members (excludes halogenated alkanes) is 2. The Labute approximate surface area is 150 Å². The molecule has 0 radical (unpaired) electrons. The lowest BCUT2D eigenvalue weighted by molar-refractivity contribution is -0.158. The molecule has 0 aliphatic carbocycles. The number of hydrogen-bond acceptors (Lipinski definition) is 5. The number of ether oxygens (including phenoxy) is 3. The monoisotopic (exact) mass is 350 g/mol. The van der Waals surface area contributed by atoms with Crippen LogP contribution in [0, 0.1) is 0 Å². The Balaban J connectivity index is 2.36. The van der Waals surface area contributed by atoms with E-state index in [-0.39, 0.29) is 11.9 Å². The third-order valence-electron chi connectivity index (χ3n) is 3.72. The fourth-order valence-corrected chi connectivity index (χ4v) is 2.37. The van der Waals surface area contributed by atoms with Crippen molar-refractivity contribution in [3.05, 3.63) is 29.8 Å². The Kier molecular flexibility index (Phi) is 9.03. The van der Waals surface area contributed by atoms with Crippen LogP contribution in [0.4, 0.5) is 0 Å². The summed E-state index contributed by atoms with van der Waals surface area (Å²) in [6.45, 7) is 7.76. The van der Waals surface area contributed by atoms with Crippen molar-refractivity contribution in [1.29, 1.82) is 0 Å². The SMILES string of the molecule is CCOC(=O)CCCCCc1ccc(OC(C)(C)C(=O)OCC)cc1. The zero-order valence-electron chi connectivity index (χ0n) is 15.8. The smallest absolute Gasteiger partial charge is 0.349 e. The highest BCUT2D eigenvalue weighted by atomic mass is 16.6. The molecule has 0 saturated carbocycles. The fourth-order valence-electron chi connectivity index (χ4n) is 2.37. The Morgan fingerprint density at radius 2 is 1.56 bits per heavy atom. The summed E-state index contributed by atoms with van der Waals surface area (Å²) >= 11 is 0. The van der Waals surface area contributed by atoms with Crippen LogP contribution in [0.5, 0.6) is 5.75 Å². The van der Waals surface area contributed by atoms with Crippen molar-refractivity contribution in [3.63, 3.8) is 0 Å². The van der Waals surface area contributed by atoms with E-state index in [9.17, 15) is 9.59 Å². The molecule has 0 unspecified atom stereocenters. The second-order valence-electron chi connectivity index (χ2n) is 6.34. The highest BCUT2D eigenvalue weighted by Crippen LogP contribution is 2.21. The van der Waals surface area contributed by atoms with Gasteiger partial charge in [0.1, 0.15) is 5.75 Å². The molecule has 0 aromatic heterocycles. The van der Waals surface area contributed by atoms with Crippen molar-refractivity contribution in [2.24, 2.45) is 0 Å². The summed E-state index contributed by atoms with van der Waals surface area (Å²) in [5.74, 6) is 0.151. The molecule has 0 heterocycles. The summed E-state index contributed by atoms with van der Waals surface area (Å²) in [5, 5.41) is 0. The van der Waals surface area contributed by atoms with E-state index in [4.69, 9.17) is 14.2 Å². The van der Waals surface area contributed by atoms with Gasteiger partial charge in [0.05, 0.1) is 13.2 Å². The van der Waals surface area contributed by atoms with Gasteiger partial charge in [-0.1, -0.05) is 18.6 Å². The van der Waals surface area contributed by atoms with Crippen LogP contribution in [0.15, 0.2) is 24.3 Å². The first-order chi connectivity index (χ1) is 11.9. The summed E-state index contributed by atoms with van der Waals surface area (Å²) in [7, 11) is 0. The maximum absolute atomic E-state index is 11.8. The lowest BCUT2D eigenvalue weighted by atomic mass is 10.1. The third-order valence-corrected chi connectivity index (χ3v) is 3.72. The van der Waals surface area contributed by atoms with Gasteiger partial charge in [-0.05, 0) is 64.7 Å². The molecule has 1 aromatic rings. The molecule has 5 heteroatoms. The number of aryl methyl sites for hydroxylation is 1. The van der Waals surface area contributed by atoms with Gasteiger partial charge in [-0.25, -0.2) is 4.79 Å². The van der Waals surface area contributed by atoms with Gasteiger partial charge in [-0.2, -0.15) is 0 Å². The zero-order chi connectivity index (χ0) is 18.7. The van der Waals surface area contributed by atoms with Gasteiger partial charge in [-0.15, -0.1) is 0 Å². The van der Waals surface area contributed by atoms with Gasteiger partial charge in [0.15, 0.2) is 5.60 Å². The van der Waals surface area contributed by atoms with Crippen molar-refractivity contribution < 1.29 is 23.8 Å². The van der Waals surface area contributed by atoms with E-state index in [1.165, 1.54) is 5.56 Å². The van der Waals surface area contributed by atoms with Crippen LogP contribution in [0.1, 0.15) is 58.9 Å². The quantitative estimate of drug-likeness (QED) is 0.445. The van der Waals surface area contributed by atoms with E-state index in [0.717, 1.165) is 25.7 Å². The topological polar surface area (TPSA) is 61.8 Å². The molecule has 0 N–H and O–H groups in total. The summed E-state index contributed by atoms with van der Waals surface area (Å²) in [4.78, 5) is 23.1. The van der Waals surface area contributed by atoms with Crippen molar-refractivity contribution in [1.82, 2.24) is 0 Å². The molecule has 1 aromatic carbocycles. The van der Waals surface area contributed by atoms with Gasteiger partial charge in [0, 0.05) is 6.42 Å². The molecule has 140 valence electrons. The summed E-state index contributed by atoms with van der Waals surface area (Å²) in [5.41, 5.74) is 0.197. The number of carbonyl (C=O) groups is 2. The standard InChI is InChI=1S/C20H30O5/c1-5-23-18(21)11-9-7-8-10-16-12-14-17(15-13-16)25-20(3,4)19(22)24-6-2/h12-15H,5-11H2,1-4H3. The zero-order valence-corrected chi connectivity index (χ0v) is 15.8. The third kappa shape index (κ3) is 8.05. The second kappa shape index (κ2) is 10.7. The Bertz CT molecular complexity index is 534. The number of hydrogen-bond donors (Lipinski definition) is 0. The van der Waals surface area contributed by atoms with Crippen LogP contribution in [-0.2, 0) is 25.5 Å². The number of carbonyl (C=O) groups excluding carboxylic acids is 2. The molecular formula is C20H30O5. The van der Waals surface area contributed by atoms with E-state index in [0.29, 0.717) is 25.4 Å². The highest BCUT2D eigenvalue weighted by molar-refractivity contribution is 5.79. The van der Waals surface area contributed by atoms with Crippen LogP contribution in [0.3, 0.4) is 0 Å². The van der Waals surface area contributed by atoms with Crippen LogP contribution < -0.4 is 4.74 Å². The Hall–Kier alpha value is -2.04. The predicted octanol–water partition coefficient (Wildman–Crippen LogP) is 4.07. The van der Waals surface area contributed by atoms with E-state index < -0.39 is 5.60 Å². The predicted molar refractivity (Wildman–Crippen MR) is 96.6 cm³/mol. The van der Waals surface area contributed by atoms with Crippen molar-refractivity contribution in [2.75, 3.05) is 13.2 Å². The molecule has 25 heavy (non-hydrogen) atoms. The van der Waals surface area contributed by atoms with Gasteiger partial charge in [0.25, 0.3) is 0 Å². The molecule has 0 amide bonds. The molecule has 1 rings (SSSR count). The van der Waals surface area contributed by atoms with Crippen molar-refractivity contribution in [3.8, 4) is 5.75 Å². The molecule has 0 bridgehead atoms. The molecule has 0 fully saturated rings. The van der Waals surface area contributed by atoms with Crippen LogP contribution in [0.2, 0.25) is 0 Å². The average Bonchev–Trinajstić information content (AvgIpc) is 2.56. The molecule has 0 atom stereocenters. The average molecular weight is 350 g/mol. The summed E-state index contributed by atoms with van der Waals surface area (Å²) in [6, 6.07) is 7.74. The minimum atomic E-state index is -1.01. The van der Waals surface area contributed by atoms with E-state index in [2.05, 4.69) is 0 Å². The maximum Gasteiger partial charge on any atom is 0.349 e. The largest absolute Gasteiger partial charge is 0.476 e. The van der Waals surface area contributed by atoms with Crippen molar-refractivity contribution >= 4 is 11.9 Å². The minimum absolute atomic E-state index is 0.117. The van der Waals surface area contributed by atoms with Crippen LogP contribution in [-0.4, -0.2) is 30.8 Å². The van der Waals surface area contributed by atoms with E-state index in [1.807, 2.05) is 31.2 Å². The van der Waals surface area contributed by atoms with Crippen LogP contribution in [0.25, 0.3) is 0 Å². The first-order valence-corrected chi connectivity index (χ1v) is 8.99. The highest BCUT2D eigenvalue weighted by Gasteiger charge is 2.31. The molecular weight excluding hydrogens is 320 g/mol. The lowest BCUT2D eigenvalue weighted by Gasteiger charge is -2.24. The maximum atomic E-state index is 11.8. The molecule has 5 nitrogen and oxygen atoms in total. The lowest BCUT2D eigenvalue weighted by Crippen LogP contribution is -2.39. The molecule has 0 aliphatic rings. The first kappa shape index (κ1) is 21.0. The summed E-state index contributed by atoms with van der Waals surface area (Å²) in [6.07, 6.45) is 4.31. The molecule has 0 spiro atoms. The fraction of sp³-hybridized carbons (Fsp3) is 0.600.